The summed E-state index contributed by atoms with van der Waals surface area (Å²) in [5.41, 5.74) is 2.23. The quantitative estimate of drug-likeness (QED) is 0.788. The molecule has 0 aromatic heterocycles. The molecule has 0 aromatic rings. The van der Waals surface area contributed by atoms with Crippen molar-refractivity contribution in [3.05, 3.63) is 23.0 Å². The van der Waals surface area contributed by atoms with Crippen molar-refractivity contribution in [1.29, 1.82) is 0 Å². The Morgan fingerprint density at radius 2 is 1.58 bits per heavy atom. The molecule has 4 heteroatoms. The minimum atomic E-state index is 0.496. The highest BCUT2D eigenvalue weighted by atomic mass is 16.3. The maximum absolute atomic E-state index is 10.4. The van der Waals surface area contributed by atoms with E-state index >= 15 is 0 Å². The highest BCUT2D eigenvalue weighted by Crippen LogP contribution is 2.28. The standard InChI is InChI=1S/C15H29N3O/c1-16(2)9-12-7-13(10-17(3)4)15(19)14(8-12)11-18(5)6/h7,12,19H,8-11H2,1-6H3. The molecule has 0 saturated carbocycles. The Hall–Kier alpha value is -0.840. The molecule has 0 aromatic carbocycles. The first-order valence-electron chi connectivity index (χ1n) is 6.85. The van der Waals surface area contributed by atoms with E-state index in [1.54, 1.807) is 0 Å². The molecule has 0 heterocycles. The zero-order chi connectivity index (χ0) is 14.6. The summed E-state index contributed by atoms with van der Waals surface area (Å²) in [6, 6.07) is 0. The summed E-state index contributed by atoms with van der Waals surface area (Å²) in [6.45, 7) is 2.66. The molecule has 0 aliphatic heterocycles. The number of hydrogen-bond donors (Lipinski definition) is 1. The molecule has 0 amide bonds. The minimum Gasteiger partial charge on any atom is -0.508 e. The Kier molecular flexibility index (Phi) is 6.04. The Balaban J connectivity index is 2.91. The predicted octanol–water partition coefficient (Wildman–Crippen LogP) is 1.43. The third-order valence-electron chi connectivity index (χ3n) is 3.18. The number of hydrogen-bond acceptors (Lipinski definition) is 4. The van der Waals surface area contributed by atoms with Gasteiger partial charge in [0.25, 0.3) is 0 Å². The minimum absolute atomic E-state index is 0.496. The molecule has 0 spiro atoms. The molecule has 1 aliphatic carbocycles. The van der Waals surface area contributed by atoms with Crippen LogP contribution in [0.2, 0.25) is 0 Å². The summed E-state index contributed by atoms with van der Waals surface area (Å²) >= 11 is 0. The number of likely N-dealkylation sites (N-methyl/N-ethyl adjacent to an activating group) is 2. The van der Waals surface area contributed by atoms with Crippen LogP contribution in [0.1, 0.15) is 6.42 Å². The summed E-state index contributed by atoms with van der Waals surface area (Å²) in [5, 5.41) is 10.4. The van der Waals surface area contributed by atoms with E-state index in [0.29, 0.717) is 11.7 Å². The Morgan fingerprint density at radius 1 is 1.00 bits per heavy atom. The molecule has 0 bridgehead atoms. The largest absolute Gasteiger partial charge is 0.508 e. The van der Waals surface area contributed by atoms with Gasteiger partial charge in [-0.15, -0.1) is 0 Å². The second kappa shape index (κ2) is 7.08. The molecule has 1 N–H and O–H groups in total. The lowest BCUT2D eigenvalue weighted by Crippen LogP contribution is -2.28. The van der Waals surface area contributed by atoms with Crippen molar-refractivity contribution in [3.63, 3.8) is 0 Å². The van der Waals surface area contributed by atoms with E-state index in [1.807, 2.05) is 28.2 Å². The third-order valence-corrected chi connectivity index (χ3v) is 3.18. The molecule has 1 unspecified atom stereocenters. The molecule has 0 fully saturated rings. The molecule has 19 heavy (non-hydrogen) atoms. The van der Waals surface area contributed by atoms with Crippen LogP contribution >= 0.6 is 0 Å². The molecule has 0 saturated heterocycles. The van der Waals surface area contributed by atoms with Gasteiger partial charge in [-0.2, -0.15) is 0 Å². The van der Waals surface area contributed by atoms with Crippen LogP contribution < -0.4 is 0 Å². The highest BCUT2D eigenvalue weighted by molar-refractivity contribution is 5.36. The Labute approximate surface area is 118 Å². The lowest BCUT2D eigenvalue weighted by atomic mass is 9.88. The summed E-state index contributed by atoms with van der Waals surface area (Å²) in [7, 11) is 12.4. The van der Waals surface area contributed by atoms with Gasteiger partial charge >= 0.3 is 0 Å². The average Bonchev–Trinajstić information content (AvgIpc) is 2.22. The first-order valence-corrected chi connectivity index (χ1v) is 6.85. The second-order valence-corrected chi connectivity index (χ2v) is 6.35. The summed E-state index contributed by atoms with van der Waals surface area (Å²) < 4.78 is 0. The first-order chi connectivity index (χ1) is 8.79. The van der Waals surface area contributed by atoms with Crippen LogP contribution in [0.25, 0.3) is 0 Å². The lowest BCUT2D eigenvalue weighted by Gasteiger charge is -2.28. The van der Waals surface area contributed by atoms with Gasteiger partial charge in [0.2, 0.25) is 0 Å². The summed E-state index contributed by atoms with van der Waals surface area (Å²) in [4.78, 5) is 6.44. The zero-order valence-corrected chi connectivity index (χ0v) is 13.3. The van der Waals surface area contributed by atoms with E-state index in [4.69, 9.17) is 0 Å². The summed E-state index contributed by atoms with van der Waals surface area (Å²) in [5.74, 6) is 1.01. The maximum Gasteiger partial charge on any atom is 0.120 e. The predicted molar refractivity (Wildman–Crippen MR) is 81.5 cm³/mol. The van der Waals surface area contributed by atoms with E-state index in [0.717, 1.165) is 37.2 Å². The fourth-order valence-corrected chi connectivity index (χ4v) is 2.64. The number of rotatable bonds is 6. The van der Waals surface area contributed by atoms with E-state index < -0.39 is 0 Å². The van der Waals surface area contributed by atoms with Gasteiger partial charge in [-0.1, -0.05) is 6.08 Å². The van der Waals surface area contributed by atoms with Crippen LogP contribution in [-0.2, 0) is 0 Å². The monoisotopic (exact) mass is 267 g/mol. The molecule has 1 rings (SSSR count). The van der Waals surface area contributed by atoms with E-state index in [-0.39, 0.29) is 0 Å². The van der Waals surface area contributed by atoms with Crippen LogP contribution in [0.3, 0.4) is 0 Å². The van der Waals surface area contributed by atoms with Gasteiger partial charge < -0.3 is 19.8 Å². The van der Waals surface area contributed by atoms with Crippen molar-refractivity contribution in [2.75, 3.05) is 61.9 Å². The smallest absolute Gasteiger partial charge is 0.120 e. The SMILES string of the molecule is CN(C)CC1=CC(CN(C)C)CC(CN(C)C)=C1O. The van der Waals surface area contributed by atoms with E-state index in [9.17, 15) is 5.11 Å². The van der Waals surface area contributed by atoms with E-state index in [2.05, 4.69) is 34.9 Å². The molecule has 4 nitrogen and oxygen atoms in total. The van der Waals surface area contributed by atoms with Crippen LogP contribution in [-0.4, -0.2) is 81.7 Å². The first kappa shape index (κ1) is 16.2. The lowest BCUT2D eigenvalue weighted by molar-refractivity contribution is 0.320. The van der Waals surface area contributed by atoms with Gasteiger partial charge in [-0.25, -0.2) is 0 Å². The molecular weight excluding hydrogens is 238 g/mol. The molecule has 1 aliphatic rings. The average molecular weight is 267 g/mol. The van der Waals surface area contributed by atoms with Gasteiger partial charge in [0.1, 0.15) is 5.76 Å². The normalized spacial score (nSPS) is 20.7. The molecule has 0 radical (unpaired) electrons. The van der Waals surface area contributed by atoms with Gasteiger partial charge in [0.05, 0.1) is 0 Å². The number of nitrogens with zero attached hydrogens (tertiary/aromatic N) is 3. The van der Waals surface area contributed by atoms with Crippen LogP contribution in [0.5, 0.6) is 0 Å². The highest BCUT2D eigenvalue weighted by Gasteiger charge is 2.22. The second-order valence-electron chi connectivity index (χ2n) is 6.35. The van der Waals surface area contributed by atoms with Gasteiger partial charge in [0.15, 0.2) is 0 Å². The molecule has 1 atom stereocenters. The van der Waals surface area contributed by atoms with Crippen LogP contribution in [0.15, 0.2) is 23.0 Å². The number of aliphatic hydroxyl groups excluding tert-OH is 1. The fraction of sp³-hybridized carbons (Fsp3) is 0.733. The van der Waals surface area contributed by atoms with Crippen LogP contribution in [0.4, 0.5) is 0 Å². The number of aliphatic hydroxyl groups is 1. The van der Waals surface area contributed by atoms with Gasteiger partial charge in [-0.3, -0.25) is 0 Å². The van der Waals surface area contributed by atoms with Crippen molar-refractivity contribution in [1.82, 2.24) is 14.7 Å². The van der Waals surface area contributed by atoms with Crippen molar-refractivity contribution in [2.45, 2.75) is 6.42 Å². The van der Waals surface area contributed by atoms with Gasteiger partial charge in [0, 0.05) is 25.2 Å². The van der Waals surface area contributed by atoms with Crippen molar-refractivity contribution in [2.24, 2.45) is 5.92 Å². The van der Waals surface area contributed by atoms with E-state index in [1.165, 1.54) is 0 Å². The molecular formula is C15H29N3O. The Bertz CT molecular complexity index is 356. The molecule has 110 valence electrons. The topological polar surface area (TPSA) is 30.0 Å². The maximum atomic E-state index is 10.4. The van der Waals surface area contributed by atoms with Crippen molar-refractivity contribution < 1.29 is 5.11 Å². The Morgan fingerprint density at radius 3 is 2.05 bits per heavy atom. The van der Waals surface area contributed by atoms with Crippen molar-refractivity contribution in [3.8, 4) is 0 Å². The van der Waals surface area contributed by atoms with Crippen molar-refractivity contribution >= 4 is 0 Å². The third kappa shape index (κ3) is 5.35. The fourth-order valence-electron chi connectivity index (χ4n) is 2.64. The zero-order valence-electron chi connectivity index (χ0n) is 13.3. The van der Waals surface area contributed by atoms with Gasteiger partial charge in [-0.05, 0) is 60.2 Å². The summed E-state index contributed by atoms with van der Waals surface area (Å²) in [6.07, 6.45) is 3.20. The van der Waals surface area contributed by atoms with Crippen LogP contribution in [0, 0.1) is 5.92 Å².